The van der Waals surface area contributed by atoms with Crippen LogP contribution in [0.1, 0.15) is 17.7 Å². The van der Waals surface area contributed by atoms with Crippen LogP contribution in [-0.4, -0.2) is 34.9 Å². The second-order valence-electron chi connectivity index (χ2n) is 6.39. The summed E-state index contributed by atoms with van der Waals surface area (Å²) in [5.74, 6) is -0.444. The highest BCUT2D eigenvalue weighted by molar-refractivity contribution is 7.22. The van der Waals surface area contributed by atoms with Gasteiger partial charge in [0.05, 0.1) is 27.3 Å². The number of nitrogens with one attached hydrogen (secondary N) is 1. The van der Waals surface area contributed by atoms with Gasteiger partial charge in [-0.1, -0.05) is 17.4 Å². The maximum Gasteiger partial charge on any atom is 0.229 e. The quantitative estimate of drug-likeness (QED) is 0.732. The lowest BCUT2D eigenvalue weighted by Crippen LogP contribution is -2.34. The largest absolute Gasteiger partial charge is 0.355 e. The van der Waals surface area contributed by atoms with Gasteiger partial charge in [-0.25, -0.2) is 9.97 Å². The van der Waals surface area contributed by atoms with Crippen LogP contribution in [0.3, 0.4) is 0 Å². The Morgan fingerprint density at radius 2 is 2.31 bits per heavy atom. The van der Waals surface area contributed by atoms with Crippen LogP contribution >= 0.6 is 22.7 Å². The van der Waals surface area contributed by atoms with Gasteiger partial charge < -0.3 is 5.32 Å². The van der Waals surface area contributed by atoms with Crippen LogP contribution in [0, 0.1) is 12.8 Å². The molecule has 134 valence electrons. The minimum atomic E-state index is -0.327. The van der Waals surface area contributed by atoms with E-state index in [9.17, 15) is 9.59 Å². The number of thiazole rings is 2. The number of carbonyl (C=O) groups excluding carboxylic acids is 2. The summed E-state index contributed by atoms with van der Waals surface area (Å²) in [7, 11) is 0. The van der Waals surface area contributed by atoms with E-state index in [1.165, 1.54) is 11.3 Å². The molecule has 0 radical (unpaired) electrons. The molecule has 8 heteroatoms. The fraction of sp³-hybridized carbons (Fsp3) is 0.333. The van der Waals surface area contributed by atoms with Gasteiger partial charge in [0.25, 0.3) is 0 Å². The van der Waals surface area contributed by atoms with Crippen molar-refractivity contribution in [2.24, 2.45) is 5.92 Å². The Hall–Kier alpha value is -2.32. The number of fused-ring (bicyclic) bond motifs is 1. The molecule has 0 aliphatic carbocycles. The van der Waals surface area contributed by atoms with E-state index in [2.05, 4.69) is 21.4 Å². The molecular weight excluding hydrogens is 368 g/mol. The first-order chi connectivity index (χ1) is 12.6. The predicted molar refractivity (Wildman–Crippen MR) is 104 cm³/mol. The van der Waals surface area contributed by atoms with Gasteiger partial charge in [-0.2, -0.15) is 0 Å². The van der Waals surface area contributed by atoms with Crippen molar-refractivity contribution in [3.8, 4) is 0 Å². The molecule has 3 heterocycles. The van der Waals surface area contributed by atoms with Gasteiger partial charge in [-0.05, 0) is 24.6 Å². The summed E-state index contributed by atoms with van der Waals surface area (Å²) in [4.78, 5) is 35.2. The highest BCUT2D eigenvalue weighted by Crippen LogP contribution is 2.33. The van der Waals surface area contributed by atoms with Crippen molar-refractivity contribution in [3.63, 3.8) is 0 Å². The number of hydrogen-bond acceptors (Lipinski definition) is 6. The van der Waals surface area contributed by atoms with Crippen molar-refractivity contribution in [1.29, 1.82) is 0 Å². The molecule has 3 aromatic rings. The van der Waals surface area contributed by atoms with E-state index < -0.39 is 0 Å². The van der Waals surface area contributed by atoms with E-state index in [0.29, 0.717) is 24.6 Å². The fourth-order valence-electron chi connectivity index (χ4n) is 3.02. The SMILES string of the molecule is Cc1ccc2nc(N3CC(C(=O)NCCc4cscn4)CC3=O)sc2c1. The molecule has 1 aliphatic rings. The smallest absolute Gasteiger partial charge is 0.229 e. The van der Waals surface area contributed by atoms with Crippen LogP contribution in [0.15, 0.2) is 29.1 Å². The molecule has 1 saturated heterocycles. The van der Waals surface area contributed by atoms with Crippen LogP contribution in [0.5, 0.6) is 0 Å². The Morgan fingerprint density at radius 1 is 1.42 bits per heavy atom. The lowest BCUT2D eigenvalue weighted by atomic mass is 10.1. The fourth-order valence-corrected chi connectivity index (χ4v) is 4.71. The topological polar surface area (TPSA) is 75.2 Å². The summed E-state index contributed by atoms with van der Waals surface area (Å²) in [5.41, 5.74) is 4.81. The number of hydrogen-bond donors (Lipinski definition) is 1. The van der Waals surface area contributed by atoms with E-state index in [-0.39, 0.29) is 24.2 Å². The zero-order valence-corrected chi connectivity index (χ0v) is 15.9. The highest BCUT2D eigenvalue weighted by Gasteiger charge is 2.36. The van der Waals surface area contributed by atoms with Crippen molar-refractivity contribution in [2.75, 3.05) is 18.0 Å². The minimum Gasteiger partial charge on any atom is -0.355 e. The lowest BCUT2D eigenvalue weighted by Gasteiger charge is -2.13. The average molecular weight is 387 g/mol. The van der Waals surface area contributed by atoms with Gasteiger partial charge in [-0.3, -0.25) is 14.5 Å². The molecule has 6 nitrogen and oxygen atoms in total. The van der Waals surface area contributed by atoms with E-state index in [1.54, 1.807) is 21.7 Å². The van der Waals surface area contributed by atoms with E-state index >= 15 is 0 Å². The van der Waals surface area contributed by atoms with E-state index in [4.69, 9.17) is 0 Å². The number of carbonyl (C=O) groups is 2. The third kappa shape index (κ3) is 3.47. The zero-order valence-electron chi connectivity index (χ0n) is 14.3. The Kier molecular flexibility index (Phi) is 4.69. The van der Waals surface area contributed by atoms with Crippen LogP contribution in [0.4, 0.5) is 5.13 Å². The number of rotatable bonds is 5. The summed E-state index contributed by atoms with van der Waals surface area (Å²) < 4.78 is 1.06. The maximum atomic E-state index is 12.4. The molecule has 1 aliphatic heterocycles. The average Bonchev–Trinajstić information content (AvgIpc) is 3.33. The van der Waals surface area contributed by atoms with Gasteiger partial charge in [0.15, 0.2) is 5.13 Å². The van der Waals surface area contributed by atoms with Crippen LogP contribution in [-0.2, 0) is 16.0 Å². The number of amides is 2. The third-order valence-corrected chi connectivity index (χ3v) is 6.10. The molecule has 0 saturated carbocycles. The molecule has 1 unspecified atom stereocenters. The maximum absolute atomic E-state index is 12.4. The minimum absolute atomic E-state index is 0.0413. The molecule has 2 aromatic heterocycles. The molecule has 2 amide bonds. The van der Waals surface area contributed by atoms with Crippen LogP contribution in [0.2, 0.25) is 0 Å². The monoisotopic (exact) mass is 386 g/mol. The summed E-state index contributed by atoms with van der Waals surface area (Å²) in [6, 6.07) is 6.05. The van der Waals surface area contributed by atoms with Crippen molar-refractivity contribution in [2.45, 2.75) is 19.8 Å². The first-order valence-electron chi connectivity index (χ1n) is 8.42. The Balaban J connectivity index is 1.40. The second-order valence-corrected chi connectivity index (χ2v) is 8.12. The Bertz CT molecular complexity index is 951. The number of benzene rings is 1. The number of aromatic nitrogens is 2. The van der Waals surface area contributed by atoms with E-state index in [1.807, 2.05) is 24.4 Å². The van der Waals surface area contributed by atoms with Crippen molar-refractivity contribution < 1.29 is 9.59 Å². The molecular formula is C18H18N4O2S2. The van der Waals surface area contributed by atoms with Gasteiger partial charge in [0.2, 0.25) is 11.8 Å². The standard InChI is InChI=1S/C18H18N4O2S2/c1-11-2-3-14-15(6-11)26-18(21-14)22-8-12(7-16(22)23)17(24)19-5-4-13-9-25-10-20-13/h2-3,6,9-10,12H,4-5,7-8H2,1H3,(H,19,24). The molecule has 1 fully saturated rings. The Morgan fingerprint density at radius 3 is 3.12 bits per heavy atom. The van der Waals surface area contributed by atoms with Crippen molar-refractivity contribution in [3.05, 3.63) is 40.3 Å². The van der Waals surface area contributed by atoms with Crippen molar-refractivity contribution in [1.82, 2.24) is 15.3 Å². The number of nitrogens with zero attached hydrogens (tertiary/aromatic N) is 3. The third-order valence-electron chi connectivity index (χ3n) is 4.42. The highest BCUT2D eigenvalue weighted by atomic mass is 32.1. The summed E-state index contributed by atoms with van der Waals surface area (Å²) in [6.45, 7) is 2.96. The molecule has 1 aromatic carbocycles. The predicted octanol–water partition coefficient (Wildman–Crippen LogP) is 2.77. The lowest BCUT2D eigenvalue weighted by molar-refractivity contribution is -0.126. The summed E-state index contributed by atoms with van der Waals surface area (Å²) >= 11 is 3.04. The number of anilines is 1. The molecule has 4 rings (SSSR count). The van der Waals surface area contributed by atoms with E-state index in [0.717, 1.165) is 21.5 Å². The van der Waals surface area contributed by atoms with Crippen LogP contribution in [0.25, 0.3) is 10.2 Å². The first-order valence-corrected chi connectivity index (χ1v) is 10.2. The first kappa shape index (κ1) is 17.1. The van der Waals surface area contributed by atoms with Gasteiger partial charge >= 0.3 is 0 Å². The van der Waals surface area contributed by atoms with Crippen molar-refractivity contribution >= 4 is 49.8 Å². The van der Waals surface area contributed by atoms with Gasteiger partial charge in [0.1, 0.15) is 0 Å². The molecule has 1 atom stereocenters. The normalized spacial score (nSPS) is 17.2. The molecule has 26 heavy (non-hydrogen) atoms. The molecule has 0 bridgehead atoms. The molecule has 1 N–H and O–H groups in total. The summed E-state index contributed by atoms with van der Waals surface area (Å²) in [5, 5.41) is 5.57. The second kappa shape index (κ2) is 7.13. The molecule has 0 spiro atoms. The van der Waals surface area contributed by atoms with Gasteiger partial charge in [-0.15, -0.1) is 11.3 Å². The summed E-state index contributed by atoms with van der Waals surface area (Å²) in [6.07, 6.45) is 0.939. The van der Waals surface area contributed by atoms with Gasteiger partial charge in [0, 0.05) is 31.3 Å². The van der Waals surface area contributed by atoms with Crippen LogP contribution < -0.4 is 10.2 Å². The number of aryl methyl sites for hydroxylation is 1. The zero-order chi connectivity index (χ0) is 18.1. The Labute approximate surface area is 158 Å².